The number of carbonyl (C=O) groups is 3. The summed E-state index contributed by atoms with van der Waals surface area (Å²) in [7, 11) is 1.68. The maximum atomic E-state index is 14.3. The highest BCUT2D eigenvalue weighted by atomic mass is 19.3. The normalized spacial score (nSPS) is 24.6. The van der Waals surface area contributed by atoms with Crippen molar-refractivity contribution >= 4 is 45.9 Å². The number of anilines is 2. The van der Waals surface area contributed by atoms with Crippen LogP contribution in [-0.2, 0) is 21.4 Å². The Morgan fingerprint density at radius 3 is 2.61 bits per heavy atom. The molecule has 5 fully saturated rings. The molecule has 5 aliphatic rings. The second-order valence-electron chi connectivity index (χ2n) is 18.2. The highest BCUT2D eigenvalue weighted by Gasteiger charge is 2.42. The molecule has 4 aliphatic heterocycles. The first-order valence-corrected chi connectivity index (χ1v) is 22.4. The fourth-order valence-electron chi connectivity index (χ4n) is 10.4. The molecule has 1 unspecified atom stereocenters. The summed E-state index contributed by atoms with van der Waals surface area (Å²) in [6.07, 6.45) is 7.87. The van der Waals surface area contributed by atoms with Gasteiger partial charge in [-0.1, -0.05) is 17.9 Å². The molecule has 2 atom stereocenters. The van der Waals surface area contributed by atoms with Crippen LogP contribution in [-0.4, -0.2) is 127 Å². The Hall–Kier alpha value is -5.97. The molecule has 1 spiro atoms. The van der Waals surface area contributed by atoms with Gasteiger partial charge in [-0.05, 0) is 69.1 Å². The Kier molecular flexibility index (Phi) is 11.3. The number of nitrogens with one attached hydrogen (secondary N) is 2. The second-order valence-corrected chi connectivity index (χ2v) is 18.2. The van der Waals surface area contributed by atoms with E-state index in [1.165, 1.54) is 19.8 Å². The van der Waals surface area contributed by atoms with Crippen LogP contribution in [0.1, 0.15) is 91.5 Å². The van der Waals surface area contributed by atoms with E-state index < -0.39 is 30.0 Å². The number of amides is 3. The summed E-state index contributed by atoms with van der Waals surface area (Å²) in [6.45, 7) is 8.32. The molecule has 4 aromatic heterocycles. The van der Waals surface area contributed by atoms with Crippen molar-refractivity contribution < 1.29 is 27.9 Å². The number of hydrogen-bond acceptors (Lipinski definition) is 11. The van der Waals surface area contributed by atoms with Gasteiger partial charge in [-0.3, -0.25) is 38.4 Å². The highest BCUT2D eigenvalue weighted by Crippen LogP contribution is 2.40. The van der Waals surface area contributed by atoms with E-state index >= 15 is 0 Å². The number of aromatic nitrogens is 7. The molecule has 1 aliphatic carbocycles. The van der Waals surface area contributed by atoms with Crippen molar-refractivity contribution in [2.24, 2.45) is 18.4 Å². The van der Waals surface area contributed by atoms with E-state index in [0.717, 1.165) is 103 Å². The third kappa shape index (κ3) is 8.07. The fourth-order valence-corrected chi connectivity index (χ4v) is 10.4. The minimum Gasteiger partial charge on any atom is -0.381 e. The molecule has 336 valence electrons. The van der Waals surface area contributed by atoms with Crippen LogP contribution in [0.15, 0.2) is 47.7 Å². The first-order chi connectivity index (χ1) is 31.0. The lowest BCUT2D eigenvalue weighted by atomic mass is 9.85. The third-order valence-electron chi connectivity index (χ3n) is 14.1. The number of nitrogens with zero attached hydrogens (tertiary/aromatic N) is 10. The van der Waals surface area contributed by atoms with Crippen molar-refractivity contribution in [1.82, 2.24) is 48.6 Å². The van der Waals surface area contributed by atoms with Crippen molar-refractivity contribution in [2.45, 2.75) is 69.9 Å². The lowest BCUT2D eigenvalue weighted by molar-refractivity contribution is -0.135. The molecule has 0 radical (unpaired) electrons. The van der Waals surface area contributed by atoms with Gasteiger partial charge in [-0.25, -0.2) is 23.1 Å². The number of imide groups is 1. The quantitative estimate of drug-likeness (QED) is 0.163. The number of benzene rings is 1. The number of alkyl halides is 2. The second kappa shape index (κ2) is 17.2. The van der Waals surface area contributed by atoms with Gasteiger partial charge in [0.2, 0.25) is 11.8 Å². The standard InChI is InChI=1S/C45H52F2N12O5/c1-53-39-30(4-2-6-34(39)59(44(53)63)35-11-12-37(60)51-43(35)62)5-3-16-54-19-21-55(22-20-54)25-29-7-9-31(10-8-29)58-26-33(38(52-58)40(46)47)49-42(61)32-24-48-57-17-13-36(50-41(32)57)56-18-14-45(27-56)15-23-64-28-45/h2,4,6,13,17,24,26,29,31,35,40H,7-12,14-16,18-23,25,27-28H2,1H3,(H,49,61)(H,51,60,62)/t29?,31?,35?,45-/m1/s1. The number of imidazole rings is 1. The number of aryl methyl sites for hydroxylation is 1. The van der Waals surface area contributed by atoms with Crippen molar-refractivity contribution in [3.8, 4) is 11.8 Å². The summed E-state index contributed by atoms with van der Waals surface area (Å²) >= 11 is 0. The minimum absolute atomic E-state index is 0.00514. The molecule has 2 N–H and O–H groups in total. The van der Waals surface area contributed by atoms with Gasteiger partial charge >= 0.3 is 5.69 Å². The van der Waals surface area contributed by atoms with E-state index in [0.29, 0.717) is 34.7 Å². The highest BCUT2D eigenvalue weighted by molar-refractivity contribution is 6.08. The molecule has 17 nitrogen and oxygen atoms in total. The van der Waals surface area contributed by atoms with Gasteiger partial charge in [0.05, 0.1) is 47.7 Å². The van der Waals surface area contributed by atoms with Crippen LogP contribution in [0, 0.1) is 23.2 Å². The zero-order chi connectivity index (χ0) is 44.1. The maximum Gasteiger partial charge on any atom is 0.329 e. The molecule has 19 heteroatoms. The van der Waals surface area contributed by atoms with Crippen LogP contribution in [0.4, 0.5) is 20.3 Å². The van der Waals surface area contributed by atoms with Crippen LogP contribution in [0.5, 0.6) is 0 Å². The van der Waals surface area contributed by atoms with Crippen molar-refractivity contribution in [1.29, 1.82) is 0 Å². The Morgan fingerprint density at radius 2 is 1.84 bits per heavy atom. The zero-order valence-electron chi connectivity index (χ0n) is 35.8. The number of ether oxygens (including phenoxy) is 1. The molecule has 0 bridgehead atoms. The van der Waals surface area contributed by atoms with Crippen LogP contribution >= 0.6 is 0 Å². The molecular weight excluding hydrogens is 827 g/mol. The average molecular weight is 879 g/mol. The Morgan fingerprint density at radius 1 is 1.03 bits per heavy atom. The number of hydrogen-bond donors (Lipinski definition) is 2. The monoisotopic (exact) mass is 878 g/mol. The van der Waals surface area contributed by atoms with Gasteiger partial charge in [0.15, 0.2) is 11.3 Å². The molecular formula is C45H52F2N12O5. The fraction of sp³-hybridized carbons (Fsp3) is 0.533. The zero-order valence-corrected chi connectivity index (χ0v) is 35.8. The Bertz CT molecular complexity index is 2720. The SMILES string of the molecule is Cn1c(=O)n(C2CCC(=O)NC2=O)c2cccc(C#CCN3CCN(CC4CCC(n5cc(NC(=O)c6cnn7ccc(N8CC[C@@]9(CCOC9)C8)nc67)c(C(F)F)n5)CC4)CC3)c21. The number of fused-ring (bicyclic) bond motifs is 2. The van der Waals surface area contributed by atoms with E-state index in [1.54, 1.807) is 24.1 Å². The Balaban J connectivity index is 0.716. The van der Waals surface area contributed by atoms with E-state index in [4.69, 9.17) is 9.72 Å². The number of halogens is 2. The van der Waals surface area contributed by atoms with E-state index in [-0.39, 0.29) is 47.1 Å². The lowest BCUT2D eigenvalue weighted by Crippen LogP contribution is -2.48. The molecule has 1 saturated carbocycles. The average Bonchev–Trinajstić information content (AvgIpc) is 4.15. The Labute approximate surface area is 367 Å². The van der Waals surface area contributed by atoms with E-state index in [1.807, 2.05) is 24.3 Å². The summed E-state index contributed by atoms with van der Waals surface area (Å²) in [5.74, 6) is 6.44. The summed E-state index contributed by atoms with van der Waals surface area (Å²) in [6, 6.07) is 6.61. The van der Waals surface area contributed by atoms with Gasteiger partial charge in [-0.15, -0.1) is 0 Å². The molecule has 8 heterocycles. The summed E-state index contributed by atoms with van der Waals surface area (Å²) in [5, 5.41) is 13.7. The van der Waals surface area contributed by atoms with Crippen LogP contribution < -0.4 is 21.2 Å². The smallest absolute Gasteiger partial charge is 0.329 e. The largest absolute Gasteiger partial charge is 0.381 e. The number of para-hydroxylation sites is 1. The van der Waals surface area contributed by atoms with Gasteiger partial charge < -0.3 is 19.9 Å². The van der Waals surface area contributed by atoms with Gasteiger partial charge in [0, 0.05) is 83.7 Å². The van der Waals surface area contributed by atoms with Crippen LogP contribution in [0.3, 0.4) is 0 Å². The van der Waals surface area contributed by atoms with E-state index in [9.17, 15) is 28.0 Å². The third-order valence-corrected chi connectivity index (χ3v) is 14.1. The topological polar surface area (TPSA) is 169 Å². The van der Waals surface area contributed by atoms with Gasteiger partial charge in [0.1, 0.15) is 17.4 Å². The molecule has 1 aromatic carbocycles. The van der Waals surface area contributed by atoms with Crippen LogP contribution in [0.25, 0.3) is 16.7 Å². The predicted octanol–water partition coefficient (Wildman–Crippen LogP) is 3.76. The maximum absolute atomic E-state index is 14.3. The van der Waals surface area contributed by atoms with Gasteiger partial charge in [-0.2, -0.15) is 10.2 Å². The number of piperazine rings is 1. The minimum atomic E-state index is -2.86. The molecule has 4 saturated heterocycles. The number of rotatable bonds is 9. The predicted molar refractivity (Wildman–Crippen MR) is 232 cm³/mol. The summed E-state index contributed by atoms with van der Waals surface area (Å²) in [5.41, 5.74) is 1.91. The van der Waals surface area contributed by atoms with Gasteiger partial charge in [0.25, 0.3) is 12.3 Å². The molecule has 5 aromatic rings. The lowest BCUT2D eigenvalue weighted by Gasteiger charge is -2.37. The molecule has 64 heavy (non-hydrogen) atoms. The first kappa shape index (κ1) is 42.0. The summed E-state index contributed by atoms with van der Waals surface area (Å²) < 4.78 is 40.5. The van der Waals surface area contributed by atoms with Crippen molar-refractivity contribution in [2.75, 3.05) is 75.8 Å². The summed E-state index contributed by atoms with van der Waals surface area (Å²) in [4.78, 5) is 63.1. The van der Waals surface area contributed by atoms with Crippen molar-refractivity contribution in [3.05, 3.63) is 70.2 Å². The molecule has 3 amide bonds. The number of piperidine rings is 1. The van der Waals surface area contributed by atoms with E-state index in [2.05, 4.69) is 47.4 Å². The van der Waals surface area contributed by atoms with Crippen molar-refractivity contribution in [3.63, 3.8) is 0 Å². The molecule has 10 rings (SSSR count). The number of carbonyl (C=O) groups excluding carboxylic acids is 3. The van der Waals surface area contributed by atoms with Crippen LogP contribution in [0.2, 0.25) is 0 Å². The first-order valence-electron chi connectivity index (χ1n) is 22.4.